The van der Waals surface area contributed by atoms with E-state index in [2.05, 4.69) is 13.8 Å². The van der Waals surface area contributed by atoms with Crippen molar-refractivity contribution in [2.24, 2.45) is 11.8 Å². The number of carbonyl (C=O) groups is 1. The number of phenolic OH excluding ortho intramolecular Hbond substituents is 1. The number of likely N-dealkylation sites (tertiary alicyclic amines) is 1. The summed E-state index contributed by atoms with van der Waals surface area (Å²) in [7, 11) is 3.09. The van der Waals surface area contributed by atoms with Gasteiger partial charge in [0.2, 0.25) is 12.7 Å². The van der Waals surface area contributed by atoms with Crippen LogP contribution in [0.1, 0.15) is 50.2 Å². The van der Waals surface area contributed by atoms with Gasteiger partial charge in [-0.25, -0.2) is 0 Å². The zero-order valence-electron chi connectivity index (χ0n) is 19.8. The number of ether oxygens (including phenoxy) is 4. The predicted octanol–water partition coefficient (Wildman–Crippen LogP) is 4.55. The maximum atomic E-state index is 13.5. The summed E-state index contributed by atoms with van der Waals surface area (Å²) in [5.74, 6) is 2.99. The van der Waals surface area contributed by atoms with Gasteiger partial charge in [-0.2, -0.15) is 0 Å². The van der Waals surface area contributed by atoms with Gasteiger partial charge in [-0.15, -0.1) is 0 Å². The number of hydrogen-bond donors (Lipinski definition) is 1. The van der Waals surface area contributed by atoms with Crippen LogP contribution >= 0.6 is 0 Å². The largest absolute Gasteiger partial charge is 0.507 e. The van der Waals surface area contributed by atoms with Crippen LogP contribution in [-0.2, 0) is 4.79 Å². The fourth-order valence-electron chi connectivity index (χ4n) is 4.83. The molecule has 7 heteroatoms. The van der Waals surface area contributed by atoms with Crippen LogP contribution in [0.2, 0.25) is 0 Å². The molecule has 178 valence electrons. The lowest BCUT2D eigenvalue weighted by molar-refractivity contribution is -0.133. The highest BCUT2D eigenvalue weighted by molar-refractivity contribution is 5.78. The first-order chi connectivity index (χ1) is 15.9. The quantitative estimate of drug-likeness (QED) is 0.660. The first-order valence-electron chi connectivity index (χ1n) is 11.5. The van der Waals surface area contributed by atoms with Crippen LogP contribution in [0.15, 0.2) is 30.3 Å². The highest BCUT2D eigenvalue weighted by Gasteiger charge is 2.31. The van der Waals surface area contributed by atoms with Gasteiger partial charge in [0.05, 0.1) is 14.2 Å². The third kappa shape index (κ3) is 4.82. The van der Waals surface area contributed by atoms with Crippen molar-refractivity contribution in [1.29, 1.82) is 0 Å². The van der Waals surface area contributed by atoms with Crippen molar-refractivity contribution in [3.05, 3.63) is 41.5 Å². The maximum Gasteiger partial charge on any atom is 0.231 e. The van der Waals surface area contributed by atoms with E-state index < -0.39 is 5.92 Å². The summed E-state index contributed by atoms with van der Waals surface area (Å²) < 4.78 is 22.0. The maximum absolute atomic E-state index is 13.5. The first-order valence-corrected chi connectivity index (χ1v) is 11.5. The standard InChI is InChI=1S/C26H33NO6/c1-16(2)18-6-5-9-27(14-18)25(29)13-20(17-7-8-22-23(10-17)33-15-32-22)26-21(28)11-19(30-3)12-24(26)31-4/h7-8,10-12,16,18,20,28H,5-6,9,13-15H2,1-4H3. The number of amides is 1. The van der Waals surface area contributed by atoms with E-state index in [9.17, 15) is 9.90 Å². The number of methoxy groups -OCH3 is 2. The summed E-state index contributed by atoms with van der Waals surface area (Å²) in [6.45, 7) is 6.14. The van der Waals surface area contributed by atoms with Crippen LogP contribution in [0.4, 0.5) is 0 Å². The summed E-state index contributed by atoms with van der Waals surface area (Å²) >= 11 is 0. The van der Waals surface area contributed by atoms with Gasteiger partial charge in [-0.3, -0.25) is 4.79 Å². The Labute approximate surface area is 195 Å². The molecule has 1 saturated heterocycles. The first kappa shape index (κ1) is 23.1. The molecule has 7 nitrogen and oxygen atoms in total. The molecule has 0 aromatic heterocycles. The summed E-state index contributed by atoms with van der Waals surface area (Å²) in [6.07, 6.45) is 2.38. The Morgan fingerprint density at radius 2 is 1.94 bits per heavy atom. The third-order valence-corrected chi connectivity index (χ3v) is 6.83. The Morgan fingerprint density at radius 1 is 1.15 bits per heavy atom. The Bertz CT molecular complexity index is 1000. The molecule has 1 N–H and O–H groups in total. The normalized spacial score (nSPS) is 18.3. The molecule has 0 aliphatic carbocycles. The Morgan fingerprint density at radius 3 is 2.67 bits per heavy atom. The minimum Gasteiger partial charge on any atom is -0.507 e. The Balaban J connectivity index is 1.71. The molecular weight excluding hydrogens is 422 g/mol. The molecular formula is C26H33NO6. The monoisotopic (exact) mass is 455 g/mol. The van der Waals surface area contributed by atoms with Crippen LogP contribution < -0.4 is 18.9 Å². The lowest BCUT2D eigenvalue weighted by Crippen LogP contribution is -2.41. The lowest BCUT2D eigenvalue weighted by atomic mass is 9.85. The van der Waals surface area contributed by atoms with E-state index in [1.165, 1.54) is 7.11 Å². The van der Waals surface area contributed by atoms with Gasteiger partial charge in [-0.05, 0) is 42.4 Å². The molecule has 1 fully saturated rings. The second-order valence-electron chi connectivity index (χ2n) is 9.12. The van der Waals surface area contributed by atoms with Crippen LogP contribution in [0.3, 0.4) is 0 Å². The summed E-state index contributed by atoms with van der Waals surface area (Å²) in [5.41, 5.74) is 1.41. The zero-order chi connectivity index (χ0) is 23.5. The number of aromatic hydroxyl groups is 1. The van der Waals surface area contributed by atoms with Gasteiger partial charge >= 0.3 is 0 Å². The van der Waals surface area contributed by atoms with Gasteiger partial charge < -0.3 is 29.0 Å². The summed E-state index contributed by atoms with van der Waals surface area (Å²) in [4.78, 5) is 15.5. The topological polar surface area (TPSA) is 77.5 Å². The van der Waals surface area contributed by atoms with E-state index in [1.54, 1.807) is 19.2 Å². The Kier molecular flexibility index (Phi) is 6.86. The highest BCUT2D eigenvalue weighted by atomic mass is 16.7. The van der Waals surface area contributed by atoms with Crippen molar-refractivity contribution < 1.29 is 28.8 Å². The van der Waals surface area contributed by atoms with Crippen LogP contribution in [-0.4, -0.2) is 50.0 Å². The Hall–Kier alpha value is -3.09. The minimum atomic E-state index is -0.424. The molecule has 0 spiro atoms. The molecule has 2 aromatic carbocycles. The molecule has 33 heavy (non-hydrogen) atoms. The van der Waals surface area contributed by atoms with Crippen molar-refractivity contribution in [1.82, 2.24) is 4.90 Å². The molecule has 0 bridgehead atoms. The van der Waals surface area contributed by atoms with E-state index in [-0.39, 0.29) is 24.9 Å². The number of fused-ring (bicyclic) bond motifs is 1. The average molecular weight is 456 g/mol. The highest BCUT2D eigenvalue weighted by Crippen LogP contribution is 2.45. The molecule has 4 rings (SSSR count). The molecule has 1 amide bonds. The number of rotatable bonds is 7. The summed E-state index contributed by atoms with van der Waals surface area (Å²) in [6, 6.07) is 8.93. The zero-order valence-corrected chi connectivity index (χ0v) is 19.8. The average Bonchev–Trinajstić information content (AvgIpc) is 3.30. The number of benzene rings is 2. The SMILES string of the molecule is COc1cc(O)c(C(CC(=O)N2CCCC(C(C)C)C2)c2ccc3c(c2)OCO3)c(OC)c1. The van der Waals surface area contributed by atoms with E-state index in [4.69, 9.17) is 18.9 Å². The van der Waals surface area contributed by atoms with Crippen molar-refractivity contribution in [3.63, 3.8) is 0 Å². The molecule has 2 atom stereocenters. The van der Waals surface area contributed by atoms with E-state index in [0.717, 1.165) is 31.5 Å². The summed E-state index contributed by atoms with van der Waals surface area (Å²) in [5, 5.41) is 11.0. The second kappa shape index (κ2) is 9.81. The molecule has 0 radical (unpaired) electrons. The molecule has 2 aromatic rings. The predicted molar refractivity (Wildman–Crippen MR) is 124 cm³/mol. The number of piperidine rings is 1. The molecule has 2 unspecified atom stereocenters. The molecule has 2 heterocycles. The van der Waals surface area contributed by atoms with Gasteiger partial charge in [0.15, 0.2) is 11.5 Å². The molecule has 2 aliphatic rings. The van der Waals surface area contributed by atoms with Crippen molar-refractivity contribution in [3.8, 4) is 28.7 Å². The lowest BCUT2D eigenvalue weighted by Gasteiger charge is -2.35. The third-order valence-electron chi connectivity index (χ3n) is 6.83. The molecule has 2 aliphatic heterocycles. The van der Waals surface area contributed by atoms with E-state index >= 15 is 0 Å². The number of hydrogen-bond acceptors (Lipinski definition) is 6. The van der Waals surface area contributed by atoms with Gasteiger partial charge in [-0.1, -0.05) is 19.9 Å². The number of carbonyl (C=O) groups excluding carboxylic acids is 1. The van der Waals surface area contributed by atoms with Crippen molar-refractivity contribution in [2.75, 3.05) is 34.1 Å². The van der Waals surface area contributed by atoms with Gasteiger partial charge in [0.25, 0.3) is 0 Å². The number of phenols is 1. The molecule has 0 saturated carbocycles. The fourth-order valence-corrected chi connectivity index (χ4v) is 4.83. The van der Waals surface area contributed by atoms with Crippen LogP contribution in [0, 0.1) is 11.8 Å². The minimum absolute atomic E-state index is 0.0281. The van der Waals surface area contributed by atoms with Gasteiger partial charge in [0.1, 0.15) is 17.2 Å². The fraction of sp³-hybridized carbons (Fsp3) is 0.500. The van der Waals surface area contributed by atoms with Gasteiger partial charge in [0, 0.05) is 43.1 Å². The van der Waals surface area contributed by atoms with Crippen LogP contribution in [0.25, 0.3) is 0 Å². The van der Waals surface area contributed by atoms with Crippen molar-refractivity contribution in [2.45, 2.75) is 39.0 Å². The van der Waals surface area contributed by atoms with E-state index in [0.29, 0.717) is 40.4 Å². The van der Waals surface area contributed by atoms with Crippen LogP contribution in [0.5, 0.6) is 28.7 Å². The second-order valence-corrected chi connectivity index (χ2v) is 9.12. The smallest absolute Gasteiger partial charge is 0.231 e. The van der Waals surface area contributed by atoms with Crippen molar-refractivity contribution >= 4 is 5.91 Å². The van der Waals surface area contributed by atoms with E-state index in [1.807, 2.05) is 23.1 Å². The number of nitrogens with zero attached hydrogens (tertiary/aromatic N) is 1.